The van der Waals surface area contributed by atoms with Crippen LogP contribution in [0.15, 0.2) is 0 Å². The Morgan fingerprint density at radius 2 is 0.806 bits per heavy atom. The first-order chi connectivity index (χ1) is 16.2. The normalized spacial score (nSPS) is 11.6. The summed E-state index contributed by atoms with van der Waals surface area (Å²) in [6.45, 7) is 6.38. The number of rotatable bonds is 20. The van der Waals surface area contributed by atoms with Gasteiger partial charge in [-0.15, -0.1) is 0 Å². The van der Waals surface area contributed by atoms with Crippen LogP contribution in [0.25, 0.3) is 0 Å². The minimum absolute atomic E-state index is 0. The molecule has 0 heterocycles. The van der Waals surface area contributed by atoms with E-state index in [1.54, 1.807) is 0 Å². The van der Waals surface area contributed by atoms with E-state index >= 15 is 0 Å². The monoisotopic (exact) mass is 579 g/mol. The number of ether oxygens (including phenoxy) is 2. The van der Waals surface area contributed by atoms with Crippen molar-refractivity contribution in [1.82, 2.24) is 0 Å². The fraction of sp³-hybridized carbons (Fsp3) is 1.00. The number of aliphatic hydroxyl groups is 2. The molecule has 0 aliphatic carbocycles. The largest absolute Gasteiger partial charge is 0.396 e. The van der Waals surface area contributed by atoms with Gasteiger partial charge in [0.05, 0.1) is 31.8 Å². The van der Waals surface area contributed by atoms with Crippen molar-refractivity contribution in [2.75, 3.05) is 39.6 Å². The van der Waals surface area contributed by atoms with Crippen LogP contribution in [0.3, 0.4) is 0 Å². The van der Waals surface area contributed by atoms with Crippen LogP contribution in [-0.4, -0.2) is 114 Å². The van der Waals surface area contributed by atoms with Gasteiger partial charge >= 0.3 is 20.8 Å². The van der Waals surface area contributed by atoms with Crippen LogP contribution in [-0.2, 0) is 30.3 Å². The Hall–Kier alpha value is 0.580. The predicted molar refractivity (Wildman–Crippen MR) is 139 cm³/mol. The summed E-state index contributed by atoms with van der Waals surface area (Å²) < 4.78 is 74.6. The maximum atomic E-state index is 9.66. The van der Waals surface area contributed by atoms with Gasteiger partial charge in [0, 0.05) is 42.8 Å². The number of unbranched alkanes of at least 4 members (excludes halogenated alkanes) is 10. The summed E-state index contributed by atoms with van der Waals surface area (Å²) in [5.74, 6) is 0. The molecule has 0 atom stereocenters. The average Bonchev–Trinajstić information content (AvgIpc) is 2.74. The molecule has 0 rings (SSSR count). The Bertz CT molecular complexity index is 573. The van der Waals surface area contributed by atoms with Gasteiger partial charge in [-0.25, -0.2) is 0 Å². The van der Waals surface area contributed by atoms with Crippen LogP contribution in [0.1, 0.15) is 90.9 Å². The maximum Gasteiger partial charge on any atom is 0.394 e. The quantitative estimate of drug-likeness (QED) is 0.0699. The minimum Gasteiger partial charge on any atom is -0.396 e. The molecule has 0 saturated heterocycles. The Morgan fingerprint density at radius 1 is 0.556 bits per heavy atom. The zero-order valence-corrected chi connectivity index (χ0v) is 25.8. The van der Waals surface area contributed by atoms with Crippen molar-refractivity contribution in [2.45, 2.75) is 90.9 Å². The van der Waals surface area contributed by atoms with E-state index in [0.29, 0.717) is 26.4 Å². The van der Waals surface area contributed by atoms with Crippen LogP contribution in [0.4, 0.5) is 0 Å². The van der Waals surface area contributed by atoms with E-state index in [1.165, 1.54) is 64.2 Å². The molecule has 0 aliphatic rings. The Morgan fingerprint density at radius 3 is 1.06 bits per heavy atom. The molecule has 12 nitrogen and oxygen atoms in total. The first-order valence-corrected chi connectivity index (χ1v) is 14.8. The minimum atomic E-state index is -4.67. The molecule has 0 fully saturated rings. The van der Waals surface area contributed by atoms with E-state index in [0.717, 1.165) is 12.8 Å². The predicted octanol–water partition coefficient (Wildman–Crippen LogP) is 3.03. The summed E-state index contributed by atoms with van der Waals surface area (Å²) in [6, 6.07) is 0. The van der Waals surface area contributed by atoms with Gasteiger partial charge in [0.2, 0.25) is 0 Å². The zero-order valence-electron chi connectivity index (χ0n) is 22.2. The van der Waals surface area contributed by atoms with Crippen molar-refractivity contribution in [3.63, 3.8) is 0 Å². The summed E-state index contributed by atoms with van der Waals surface area (Å²) in [6.07, 6.45) is 14.8. The van der Waals surface area contributed by atoms with Gasteiger partial charge in [-0.1, -0.05) is 78.1 Å². The van der Waals surface area contributed by atoms with E-state index in [4.69, 9.17) is 44.5 Å². The summed E-state index contributed by atoms with van der Waals surface area (Å²) in [5, 5.41) is 19.3. The topological polar surface area (TPSA) is 208 Å². The van der Waals surface area contributed by atoms with Crippen molar-refractivity contribution in [3.05, 3.63) is 0 Å². The van der Waals surface area contributed by atoms with Crippen molar-refractivity contribution >= 4 is 50.4 Å². The van der Waals surface area contributed by atoms with E-state index in [2.05, 4.69) is 13.8 Å². The van der Waals surface area contributed by atoms with Crippen LogP contribution < -0.4 is 0 Å². The molecule has 0 spiro atoms. The SMILES string of the molecule is CCCCCCCCOCC(CO)(CO)COCCCCCCCC.O=S(=O)(O)O.O=S(=O)(O)O.[Na]. The molecular formula is C21H48NaO12S2. The molecule has 0 aromatic carbocycles. The van der Waals surface area contributed by atoms with Crippen molar-refractivity contribution in [3.8, 4) is 0 Å². The second-order valence-electron chi connectivity index (χ2n) is 8.35. The first-order valence-electron chi connectivity index (χ1n) is 12.0. The molecule has 0 aromatic heterocycles. The van der Waals surface area contributed by atoms with Gasteiger partial charge in [0.1, 0.15) is 0 Å². The second kappa shape index (κ2) is 28.6. The van der Waals surface area contributed by atoms with Gasteiger partial charge in [-0.3, -0.25) is 18.2 Å². The molecule has 0 amide bonds. The Kier molecular flexibility index (Phi) is 34.6. The number of hydrogen-bond acceptors (Lipinski definition) is 8. The smallest absolute Gasteiger partial charge is 0.394 e. The van der Waals surface area contributed by atoms with Crippen molar-refractivity contribution < 1.29 is 54.7 Å². The molecule has 36 heavy (non-hydrogen) atoms. The zero-order chi connectivity index (χ0) is 27.6. The molecule has 15 heteroatoms. The first kappa shape index (κ1) is 43.6. The van der Waals surface area contributed by atoms with Crippen LogP contribution in [0, 0.1) is 5.41 Å². The van der Waals surface area contributed by atoms with Gasteiger partial charge in [-0.2, -0.15) is 16.8 Å². The van der Waals surface area contributed by atoms with E-state index in [9.17, 15) is 10.2 Å². The van der Waals surface area contributed by atoms with Gasteiger partial charge < -0.3 is 19.7 Å². The maximum absolute atomic E-state index is 9.66. The van der Waals surface area contributed by atoms with Gasteiger partial charge in [0.15, 0.2) is 0 Å². The number of aliphatic hydroxyl groups excluding tert-OH is 2. The van der Waals surface area contributed by atoms with Crippen molar-refractivity contribution in [2.24, 2.45) is 5.41 Å². The van der Waals surface area contributed by atoms with E-state index < -0.39 is 26.2 Å². The molecule has 0 unspecified atom stereocenters. The Balaban J connectivity index is -0.000000390. The van der Waals surface area contributed by atoms with Crippen LogP contribution in [0.5, 0.6) is 0 Å². The summed E-state index contributed by atoms with van der Waals surface area (Å²) in [5.41, 5.74) is -0.662. The van der Waals surface area contributed by atoms with E-state index in [-0.39, 0.29) is 42.8 Å². The van der Waals surface area contributed by atoms with E-state index in [1.807, 2.05) is 0 Å². The molecule has 0 bridgehead atoms. The number of hydrogen-bond donors (Lipinski definition) is 6. The Labute approximate surface area is 240 Å². The molecular weight excluding hydrogens is 531 g/mol. The van der Waals surface area contributed by atoms with Gasteiger partial charge in [-0.05, 0) is 12.8 Å². The molecule has 6 N–H and O–H groups in total. The average molecular weight is 580 g/mol. The third kappa shape index (κ3) is 47.7. The molecule has 0 aromatic rings. The second-order valence-corrected chi connectivity index (χ2v) is 10.1. The molecule has 0 saturated carbocycles. The van der Waals surface area contributed by atoms with Crippen LogP contribution in [0.2, 0.25) is 0 Å². The van der Waals surface area contributed by atoms with Crippen molar-refractivity contribution in [1.29, 1.82) is 0 Å². The molecule has 0 aliphatic heterocycles. The molecule has 1 radical (unpaired) electrons. The van der Waals surface area contributed by atoms with Gasteiger partial charge in [0.25, 0.3) is 0 Å². The van der Waals surface area contributed by atoms with Crippen LogP contribution >= 0.6 is 0 Å². The third-order valence-corrected chi connectivity index (χ3v) is 4.77. The molecule has 217 valence electrons. The third-order valence-electron chi connectivity index (χ3n) is 4.77. The standard InChI is InChI=1S/C21H44O4.Na.2H2O4S/c1-3-5-7-9-11-13-15-24-19-21(17-22,18-23)20-25-16-14-12-10-8-6-4-2;;2*1-5(2,3)4/h22-23H,3-20H2,1-2H3;;2*(H2,1,2,3,4). The summed E-state index contributed by atoms with van der Waals surface area (Å²) in [4.78, 5) is 0. The fourth-order valence-corrected chi connectivity index (χ4v) is 2.82. The summed E-state index contributed by atoms with van der Waals surface area (Å²) >= 11 is 0. The fourth-order valence-electron chi connectivity index (χ4n) is 2.82. The summed E-state index contributed by atoms with van der Waals surface area (Å²) in [7, 11) is -9.33.